The molecule has 0 atom stereocenters. The van der Waals surface area contributed by atoms with E-state index >= 15 is 0 Å². The predicted molar refractivity (Wildman–Crippen MR) is 213 cm³/mol. The second kappa shape index (κ2) is 11.7. The first kappa shape index (κ1) is 28.7. The van der Waals surface area contributed by atoms with E-state index in [-0.39, 0.29) is 0 Å². The summed E-state index contributed by atoms with van der Waals surface area (Å²) in [6.45, 7) is 0. The number of nitrogens with zero attached hydrogens (tertiary/aromatic N) is 2. The first-order valence-corrected chi connectivity index (χ1v) is 17.8. The molecule has 0 aliphatic heterocycles. The maximum Gasteiger partial charge on any atom is 0.0730 e. The number of aromatic nitrogens is 2. The van der Waals surface area contributed by atoms with Gasteiger partial charge in [0.2, 0.25) is 0 Å². The van der Waals surface area contributed by atoms with E-state index in [9.17, 15) is 0 Å². The van der Waals surface area contributed by atoms with E-state index in [2.05, 4.69) is 187 Å². The highest BCUT2D eigenvalue weighted by Gasteiger charge is 2.20. The van der Waals surface area contributed by atoms with Crippen LogP contribution in [0.15, 0.2) is 182 Å². The summed E-state index contributed by atoms with van der Waals surface area (Å²) in [6.07, 6.45) is 0. The fourth-order valence-corrected chi connectivity index (χ4v) is 8.83. The number of rotatable bonds is 5. The van der Waals surface area contributed by atoms with Gasteiger partial charge in [-0.2, -0.15) is 0 Å². The first-order chi connectivity index (χ1) is 24.8. The molecule has 0 radical (unpaired) electrons. The van der Waals surface area contributed by atoms with Gasteiger partial charge in [0, 0.05) is 47.8 Å². The lowest BCUT2D eigenvalue weighted by molar-refractivity contribution is 1.18. The summed E-state index contributed by atoms with van der Waals surface area (Å²) in [7, 11) is 0. The molecular formula is C47H30N2S. The van der Waals surface area contributed by atoms with Gasteiger partial charge in [-0.3, -0.25) is 0 Å². The van der Waals surface area contributed by atoms with Crippen LogP contribution in [-0.2, 0) is 0 Å². The van der Waals surface area contributed by atoms with Gasteiger partial charge < -0.3 is 4.57 Å². The van der Waals surface area contributed by atoms with Gasteiger partial charge in [-0.15, -0.1) is 11.3 Å². The molecule has 10 aromatic rings. The molecule has 0 bridgehead atoms. The Morgan fingerprint density at radius 3 is 1.70 bits per heavy atom. The van der Waals surface area contributed by atoms with Crippen molar-refractivity contribution in [2.75, 3.05) is 0 Å². The summed E-state index contributed by atoms with van der Waals surface area (Å²) in [5, 5.41) is 5.10. The molecule has 0 spiro atoms. The summed E-state index contributed by atoms with van der Waals surface area (Å²) in [4.78, 5) is 5.32. The van der Waals surface area contributed by atoms with Crippen LogP contribution in [0.5, 0.6) is 0 Å². The number of para-hydroxylation sites is 1. The predicted octanol–water partition coefficient (Wildman–Crippen LogP) is 13.2. The van der Waals surface area contributed by atoms with Crippen molar-refractivity contribution in [3.8, 4) is 50.5 Å². The third kappa shape index (κ3) is 4.67. The minimum absolute atomic E-state index is 0.974. The Morgan fingerprint density at radius 1 is 0.380 bits per heavy atom. The third-order valence-electron chi connectivity index (χ3n) is 9.79. The van der Waals surface area contributed by atoms with Crippen LogP contribution in [0.2, 0.25) is 0 Å². The number of hydrogen-bond acceptors (Lipinski definition) is 2. The van der Waals surface area contributed by atoms with E-state index < -0.39 is 0 Å². The van der Waals surface area contributed by atoms with Crippen LogP contribution in [0, 0.1) is 0 Å². The summed E-state index contributed by atoms with van der Waals surface area (Å²) < 4.78 is 4.98. The monoisotopic (exact) mass is 654 g/mol. The summed E-state index contributed by atoms with van der Waals surface area (Å²) in [6, 6.07) is 65.3. The van der Waals surface area contributed by atoms with Gasteiger partial charge in [0.15, 0.2) is 0 Å². The number of thiophene rings is 1. The normalized spacial score (nSPS) is 11.6. The van der Waals surface area contributed by atoms with E-state index in [1.54, 1.807) is 0 Å². The van der Waals surface area contributed by atoms with E-state index in [1.807, 2.05) is 11.3 Å². The molecule has 0 saturated carbocycles. The number of fused-ring (bicyclic) bond motifs is 7. The van der Waals surface area contributed by atoms with Crippen molar-refractivity contribution in [2.45, 2.75) is 0 Å². The Kier molecular flexibility index (Phi) is 6.71. The molecule has 0 aliphatic rings. The zero-order valence-electron chi connectivity index (χ0n) is 27.1. The van der Waals surface area contributed by atoms with Crippen molar-refractivity contribution in [1.82, 2.24) is 9.55 Å². The van der Waals surface area contributed by atoms with Gasteiger partial charge in [0.05, 0.1) is 22.4 Å². The SMILES string of the molecule is c1ccc(-c2cc(-c3ccccc3)nc(-c3cccc4c3sc3c4ccc4c3c3cc(-c5ccccc5)ccc3n4-c3ccccc3)c2)cc1. The second-order valence-electron chi connectivity index (χ2n) is 12.7. The Bertz CT molecular complexity index is 2780. The van der Waals surface area contributed by atoms with Gasteiger partial charge in [-0.1, -0.05) is 140 Å². The van der Waals surface area contributed by atoms with Crippen LogP contribution in [-0.4, -0.2) is 9.55 Å². The zero-order valence-corrected chi connectivity index (χ0v) is 27.9. The minimum Gasteiger partial charge on any atom is -0.309 e. The summed E-state index contributed by atoms with van der Waals surface area (Å²) in [5.41, 5.74) is 12.6. The van der Waals surface area contributed by atoms with Crippen LogP contribution in [0.25, 0.3) is 92.4 Å². The van der Waals surface area contributed by atoms with Gasteiger partial charge in [0.25, 0.3) is 0 Å². The largest absolute Gasteiger partial charge is 0.309 e. The zero-order chi connectivity index (χ0) is 33.0. The molecule has 50 heavy (non-hydrogen) atoms. The molecule has 0 unspecified atom stereocenters. The fraction of sp³-hybridized carbons (Fsp3) is 0. The first-order valence-electron chi connectivity index (χ1n) is 17.0. The molecular weight excluding hydrogens is 625 g/mol. The third-order valence-corrected chi connectivity index (χ3v) is 11.1. The molecule has 3 heteroatoms. The fourth-order valence-electron chi connectivity index (χ4n) is 7.45. The molecule has 234 valence electrons. The topological polar surface area (TPSA) is 17.8 Å². The van der Waals surface area contributed by atoms with Crippen molar-refractivity contribution < 1.29 is 0 Å². The van der Waals surface area contributed by atoms with Gasteiger partial charge in [0.1, 0.15) is 0 Å². The van der Waals surface area contributed by atoms with E-state index in [4.69, 9.17) is 4.98 Å². The molecule has 0 aliphatic carbocycles. The second-order valence-corrected chi connectivity index (χ2v) is 13.8. The van der Waals surface area contributed by atoms with Crippen LogP contribution in [0.3, 0.4) is 0 Å². The van der Waals surface area contributed by atoms with E-state index in [0.717, 1.165) is 33.8 Å². The lowest BCUT2D eigenvalue weighted by Gasteiger charge is -2.11. The van der Waals surface area contributed by atoms with E-state index in [0.29, 0.717) is 0 Å². The van der Waals surface area contributed by atoms with Crippen molar-refractivity contribution in [3.05, 3.63) is 182 Å². The highest BCUT2D eigenvalue weighted by molar-refractivity contribution is 7.27. The molecule has 3 aromatic heterocycles. The minimum atomic E-state index is 0.974. The van der Waals surface area contributed by atoms with Crippen LogP contribution >= 0.6 is 11.3 Å². The molecule has 0 saturated heterocycles. The van der Waals surface area contributed by atoms with Crippen molar-refractivity contribution in [3.63, 3.8) is 0 Å². The molecule has 0 fully saturated rings. The molecule has 0 amide bonds. The summed E-state index contributed by atoms with van der Waals surface area (Å²) >= 11 is 1.89. The number of hydrogen-bond donors (Lipinski definition) is 0. The highest BCUT2D eigenvalue weighted by atomic mass is 32.1. The molecule has 0 N–H and O–H groups in total. The average molecular weight is 655 g/mol. The Labute approximate surface area is 294 Å². The molecule has 7 aromatic carbocycles. The Morgan fingerprint density at radius 2 is 0.980 bits per heavy atom. The van der Waals surface area contributed by atoms with Gasteiger partial charge in [-0.05, 0) is 64.7 Å². The van der Waals surface area contributed by atoms with Gasteiger partial charge in [-0.25, -0.2) is 4.98 Å². The van der Waals surface area contributed by atoms with Crippen LogP contribution in [0.1, 0.15) is 0 Å². The Hall–Kier alpha value is -6.29. The maximum absolute atomic E-state index is 5.32. The number of benzene rings is 7. The highest BCUT2D eigenvalue weighted by Crippen LogP contribution is 2.46. The molecule has 10 rings (SSSR count). The van der Waals surface area contributed by atoms with E-state index in [1.165, 1.54) is 58.7 Å². The lowest BCUT2D eigenvalue weighted by atomic mass is 9.99. The number of pyridine rings is 1. The van der Waals surface area contributed by atoms with Crippen molar-refractivity contribution in [2.24, 2.45) is 0 Å². The lowest BCUT2D eigenvalue weighted by Crippen LogP contribution is -1.92. The standard InChI is InChI=1S/C47H30N2S/c1-5-14-31(15-6-1)34-24-26-43-40(28-34)45-44(49(43)36-20-11-4-12-21-36)27-25-38-37-22-13-23-39(46(37)50-47(38)45)42-30-35(32-16-7-2-8-17-32)29-41(48-42)33-18-9-3-10-19-33/h1-30H. The Balaban J connectivity index is 1.26. The van der Waals surface area contributed by atoms with Crippen LogP contribution in [0.4, 0.5) is 0 Å². The van der Waals surface area contributed by atoms with Crippen LogP contribution < -0.4 is 0 Å². The molecule has 3 heterocycles. The molecule has 2 nitrogen and oxygen atoms in total. The van der Waals surface area contributed by atoms with Crippen molar-refractivity contribution in [1.29, 1.82) is 0 Å². The smallest absolute Gasteiger partial charge is 0.0730 e. The maximum atomic E-state index is 5.32. The average Bonchev–Trinajstić information content (AvgIpc) is 3.74. The van der Waals surface area contributed by atoms with Crippen molar-refractivity contribution >= 4 is 53.3 Å². The summed E-state index contributed by atoms with van der Waals surface area (Å²) in [5.74, 6) is 0. The van der Waals surface area contributed by atoms with Gasteiger partial charge >= 0.3 is 0 Å². The quantitative estimate of drug-likeness (QED) is 0.181.